The van der Waals surface area contributed by atoms with E-state index in [0.29, 0.717) is 12.0 Å². The molecule has 17 heavy (non-hydrogen) atoms. The van der Waals surface area contributed by atoms with E-state index in [4.69, 9.17) is 4.74 Å². The first-order valence-corrected chi connectivity index (χ1v) is 8.20. The lowest BCUT2D eigenvalue weighted by molar-refractivity contribution is 0.127. The lowest BCUT2D eigenvalue weighted by atomic mass is 10.0. The summed E-state index contributed by atoms with van der Waals surface area (Å²) in [7, 11) is -0.767. The summed E-state index contributed by atoms with van der Waals surface area (Å²) in [6, 6.07) is 0.374. The molecule has 5 atom stereocenters. The molecule has 0 aliphatic carbocycles. The van der Waals surface area contributed by atoms with Gasteiger partial charge in [0, 0.05) is 29.2 Å². The predicted octanol–water partition coefficient (Wildman–Crippen LogP) is 1.94. The standard InChI is InChI=1S/C13H27NO2S/c1-5-10(3)12(14-6-2)9-17(15)13-7-8-16-11(13)4/h10-14H,5-9H2,1-4H3. The first-order chi connectivity index (χ1) is 8.10. The third-order valence-corrected chi connectivity index (χ3v) is 5.77. The van der Waals surface area contributed by atoms with Crippen molar-refractivity contribution in [3.05, 3.63) is 0 Å². The molecule has 0 spiro atoms. The van der Waals surface area contributed by atoms with Crippen LogP contribution in [-0.2, 0) is 15.5 Å². The minimum absolute atomic E-state index is 0.162. The molecule has 0 radical (unpaired) electrons. The highest BCUT2D eigenvalue weighted by Crippen LogP contribution is 2.20. The molecule has 1 rings (SSSR count). The van der Waals surface area contributed by atoms with Crippen molar-refractivity contribution in [1.29, 1.82) is 0 Å². The first kappa shape index (κ1) is 15.1. The SMILES string of the molecule is CCNC(CS(=O)C1CCOC1C)C(C)CC. The largest absolute Gasteiger partial charge is 0.377 e. The number of hydrogen-bond acceptors (Lipinski definition) is 3. The summed E-state index contributed by atoms with van der Waals surface area (Å²) in [5, 5.41) is 3.70. The van der Waals surface area contributed by atoms with Gasteiger partial charge < -0.3 is 10.1 Å². The van der Waals surface area contributed by atoms with E-state index < -0.39 is 10.8 Å². The maximum atomic E-state index is 12.4. The maximum absolute atomic E-state index is 12.4. The summed E-state index contributed by atoms with van der Waals surface area (Å²) >= 11 is 0. The molecule has 102 valence electrons. The molecule has 3 nitrogen and oxygen atoms in total. The number of nitrogens with one attached hydrogen (secondary N) is 1. The van der Waals surface area contributed by atoms with Gasteiger partial charge in [-0.2, -0.15) is 0 Å². The van der Waals surface area contributed by atoms with Gasteiger partial charge in [0.05, 0.1) is 11.4 Å². The van der Waals surface area contributed by atoms with Crippen LogP contribution in [0.15, 0.2) is 0 Å². The fourth-order valence-electron chi connectivity index (χ4n) is 2.33. The lowest BCUT2D eigenvalue weighted by Crippen LogP contribution is -2.41. The molecular weight excluding hydrogens is 234 g/mol. The molecule has 0 amide bonds. The Morgan fingerprint density at radius 3 is 2.65 bits per heavy atom. The third kappa shape index (κ3) is 4.34. The topological polar surface area (TPSA) is 38.3 Å². The van der Waals surface area contributed by atoms with Gasteiger partial charge >= 0.3 is 0 Å². The van der Waals surface area contributed by atoms with Crippen molar-refractivity contribution in [1.82, 2.24) is 5.32 Å². The molecule has 1 aliphatic rings. The molecule has 0 bridgehead atoms. The molecule has 0 aromatic rings. The van der Waals surface area contributed by atoms with E-state index in [2.05, 4.69) is 26.1 Å². The number of hydrogen-bond donors (Lipinski definition) is 1. The first-order valence-electron chi connectivity index (χ1n) is 6.82. The molecule has 1 heterocycles. The van der Waals surface area contributed by atoms with Crippen molar-refractivity contribution in [3.8, 4) is 0 Å². The summed E-state index contributed by atoms with van der Waals surface area (Å²) in [5.41, 5.74) is 0. The van der Waals surface area contributed by atoms with Crippen LogP contribution < -0.4 is 5.32 Å². The fraction of sp³-hybridized carbons (Fsp3) is 1.00. The summed E-state index contributed by atoms with van der Waals surface area (Å²) in [6.07, 6.45) is 2.24. The highest BCUT2D eigenvalue weighted by molar-refractivity contribution is 7.85. The van der Waals surface area contributed by atoms with E-state index in [9.17, 15) is 4.21 Å². The molecule has 0 aromatic heterocycles. The van der Waals surface area contributed by atoms with Crippen LogP contribution in [-0.4, -0.2) is 40.5 Å². The Kier molecular flexibility index (Phi) is 6.67. The third-order valence-electron chi connectivity index (χ3n) is 3.79. The molecule has 5 unspecified atom stereocenters. The van der Waals surface area contributed by atoms with Crippen LogP contribution in [0, 0.1) is 5.92 Å². The van der Waals surface area contributed by atoms with Crippen LogP contribution in [0.25, 0.3) is 0 Å². The Morgan fingerprint density at radius 2 is 2.18 bits per heavy atom. The molecule has 1 fully saturated rings. The molecule has 0 saturated carbocycles. The number of ether oxygens (including phenoxy) is 1. The zero-order chi connectivity index (χ0) is 12.8. The second kappa shape index (κ2) is 7.49. The van der Waals surface area contributed by atoms with Crippen LogP contribution in [0.4, 0.5) is 0 Å². The second-order valence-electron chi connectivity index (χ2n) is 5.00. The van der Waals surface area contributed by atoms with Gasteiger partial charge in [0.2, 0.25) is 0 Å². The zero-order valence-electron chi connectivity index (χ0n) is 11.6. The Morgan fingerprint density at radius 1 is 1.47 bits per heavy atom. The van der Waals surface area contributed by atoms with Crippen molar-refractivity contribution in [2.75, 3.05) is 18.9 Å². The van der Waals surface area contributed by atoms with Crippen LogP contribution in [0.3, 0.4) is 0 Å². The van der Waals surface area contributed by atoms with Gasteiger partial charge in [-0.25, -0.2) is 0 Å². The quantitative estimate of drug-likeness (QED) is 0.761. The van der Waals surface area contributed by atoms with Crippen molar-refractivity contribution in [3.63, 3.8) is 0 Å². The van der Waals surface area contributed by atoms with Crippen LogP contribution in [0.2, 0.25) is 0 Å². The fourth-order valence-corrected chi connectivity index (χ4v) is 4.24. The van der Waals surface area contributed by atoms with E-state index >= 15 is 0 Å². The van der Waals surface area contributed by atoms with Gasteiger partial charge in [-0.3, -0.25) is 4.21 Å². The van der Waals surface area contributed by atoms with E-state index in [1.165, 1.54) is 0 Å². The van der Waals surface area contributed by atoms with Crippen LogP contribution in [0.5, 0.6) is 0 Å². The summed E-state index contributed by atoms with van der Waals surface area (Å²) in [4.78, 5) is 0. The van der Waals surface area contributed by atoms with Crippen molar-refractivity contribution >= 4 is 10.8 Å². The predicted molar refractivity (Wildman–Crippen MR) is 73.7 cm³/mol. The molecule has 1 N–H and O–H groups in total. The Hall–Kier alpha value is 0.0700. The highest BCUT2D eigenvalue weighted by Gasteiger charge is 2.31. The van der Waals surface area contributed by atoms with Gasteiger partial charge in [0.15, 0.2) is 0 Å². The minimum atomic E-state index is -0.767. The van der Waals surface area contributed by atoms with Crippen LogP contribution in [0.1, 0.15) is 40.5 Å². The smallest absolute Gasteiger partial charge is 0.0691 e. The number of rotatable bonds is 7. The lowest BCUT2D eigenvalue weighted by Gasteiger charge is -2.25. The molecular formula is C13H27NO2S. The van der Waals surface area contributed by atoms with E-state index in [-0.39, 0.29) is 11.4 Å². The summed E-state index contributed by atoms with van der Waals surface area (Å²) in [6.45, 7) is 10.3. The van der Waals surface area contributed by atoms with E-state index in [1.54, 1.807) is 0 Å². The molecule has 1 saturated heterocycles. The van der Waals surface area contributed by atoms with Gasteiger partial charge in [-0.15, -0.1) is 0 Å². The van der Waals surface area contributed by atoms with Crippen molar-refractivity contribution < 1.29 is 8.95 Å². The average molecular weight is 261 g/mol. The van der Waals surface area contributed by atoms with Crippen LogP contribution >= 0.6 is 0 Å². The van der Waals surface area contributed by atoms with Gasteiger partial charge in [0.1, 0.15) is 0 Å². The van der Waals surface area contributed by atoms with Crippen molar-refractivity contribution in [2.24, 2.45) is 5.92 Å². The maximum Gasteiger partial charge on any atom is 0.0691 e. The Labute approximate surface area is 108 Å². The normalized spacial score (nSPS) is 30.1. The summed E-state index contributed by atoms with van der Waals surface area (Å²) in [5.74, 6) is 1.35. The highest BCUT2D eigenvalue weighted by atomic mass is 32.2. The molecule has 4 heteroatoms. The van der Waals surface area contributed by atoms with Crippen molar-refractivity contribution in [2.45, 2.75) is 57.9 Å². The monoisotopic (exact) mass is 261 g/mol. The second-order valence-corrected chi connectivity index (χ2v) is 6.70. The molecule has 0 aromatic carbocycles. The van der Waals surface area contributed by atoms with Gasteiger partial charge in [0.25, 0.3) is 0 Å². The zero-order valence-corrected chi connectivity index (χ0v) is 12.4. The van der Waals surface area contributed by atoms with E-state index in [1.807, 2.05) is 6.92 Å². The van der Waals surface area contributed by atoms with Gasteiger partial charge in [-0.05, 0) is 25.8 Å². The average Bonchev–Trinajstić information content (AvgIpc) is 2.73. The Balaban J connectivity index is 2.51. The molecule has 1 aliphatic heterocycles. The summed E-state index contributed by atoms with van der Waals surface area (Å²) < 4.78 is 17.9. The Bertz CT molecular complexity index is 248. The van der Waals surface area contributed by atoms with Gasteiger partial charge in [-0.1, -0.05) is 27.2 Å². The van der Waals surface area contributed by atoms with E-state index in [0.717, 1.165) is 31.7 Å². The minimum Gasteiger partial charge on any atom is -0.377 e.